The molecule has 18 heavy (non-hydrogen) atoms. The van der Waals surface area contributed by atoms with E-state index in [4.69, 9.17) is 16.3 Å². The van der Waals surface area contributed by atoms with Crippen LogP contribution in [-0.4, -0.2) is 17.9 Å². The standard InChI is InChI=1S/C13H18ClNO2S/c14-12(16)8-15-13-7-11(9-18-13)17-10-5-3-1-2-4-6-10/h7,9-10,15H,1-6,8H2. The van der Waals surface area contributed by atoms with Gasteiger partial charge in [-0.1, -0.05) is 12.8 Å². The van der Waals surface area contributed by atoms with Crippen molar-refractivity contribution in [2.75, 3.05) is 11.9 Å². The number of carbonyl (C=O) groups excluding carboxylic acids is 1. The third-order valence-electron chi connectivity index (χ3n) is 3.08. The minimum Gasteiger partial charge on any atom is -0.489 e. The van der Waals surface area contributed by atoms with Gasteiger partial charge >= 0.3 is 0 Å². The molecule has 1 aliphatic rings. The number of ether oxygens (including phenoxy) is 1. The largest absolute Gasteiger partial charge is 0.489 e. The predicted octanol–water partition coefficient (Wildman–Crippen LogP) is 4.03. The van der Waals surface area contributed by atoms with Crippen LogP contribution in [-0.2, 0) is 4.79 Å². The zero-order valence-corrected chi connectivity index (χ0v) is 11.9. The van der Waals surface area contributed by atoms with Crippen LogP contribution >= 0.6 is 22.9 Å². The van der Waals surface area contributed by atoms with E-state index in [0.29, 0.717) is 6.10 Å². The fourth-order valence-corrected chi connectivity index (χ4v) is 2.96. The van der Waals surface area contributed by atoms with E-state index in [9.17, 15) is 4.79 Å². The van der Waals surface area contributed by atoms with Crippen molar-refractivity contribution in [3.8, 4) is 5.75 Å². The van der Waals surface area contributed by atoms with Crippen LogP contribution in [0.25, 0.3) is 0 Å². The zero-order chi connectivity index (χ0) is 12.8. The summed E-state index contributed by atoms with van der Waals surface area (Å²) in [5, 5.41) is 5.49. The monoisotopic (exact) mass is 287 g/mol. The summed E-state index contributed by atoms with van der Waals surface area (Å²) >= 11 is 6.82. The highest BCUT2D eigenvalue weighted by molar-refractivity contribution is 7.14. The van der Waals surface area contributed by atoms with Gasteiger partial charge in [-0.2, -0.15) is 0 Å². The summed E-state index contributed by atoms with van der Waals surface area (Å²) in [6.45, 7) is 0.158. The van der Waals surface area contributed by atoms with Gasteiger partial charge in [-0.15, -0.1) is 11.3 Å². The minimum atomic E-state index is -0.380. The van der Waals surface area contributed by atoms with Crippen LogP contribution < -0.4 is 10.1 Å². The summed E-state index contributed by atoms with van der Waals surface area (Å²) in [6.07, 6.45) is 7.84. The van der Waals surface area contributed by atoms with Crippen molar-refractivity contribution in [2.24, 2.45) is 0 Å². The summed E-state index contributed by atoms with van der Waals surface area (Å²) in [7, 11) is 0. The normalized spacial score (nSPS) is 17.2. The third kappa shape index (κ3) is 4.50. The molecule has 0 radical (unpaired) electrons. The van der Waals surface area contributed by atoms with Gasteiger partial charge < -0.3 is 10.1 Å². The molecule has 1 aromatic rings. The average molecular weight is 288 g/mol. The molecule has 1 fully saturated rings. The number of carbonyl (C=O) groups is 1. The molecule has 5 heteroatoms. The molecule has 0 unspecified atom stereocenters. The summed E-state index contributed by atoms with van der Waals surface area (Å²) in [6, 6.07) is 1.94. The second-order valence-corrected chi connectivity index (χ2v) is 5.92. The van der Waals surface area contributed by atoms with Crippen molar-refractivity contribution in [1.82, 2.24) is 0 Å². The molecule has 1 aromatic heterocycles. The van der Waals surface area contributed by atoms with Gasteiger partial charge in [0.15, 0.2) is 0 Å². The van der Waals surface area contributed by atoms with Gasteiger partial charge in [-0.25, -0.2) is 0 Å². The highest BCUT2D eigenvalue weighted by Gasteiger charge is 2.14. The Bertz CT molecular complexity index is 386. The average Bonchev–Trinajstić information content (AvgIpc) is 2.62. The molecule has 0 spiro atoms. The fourth-order valence-electron chi connectivity index (χ4n) is 2.18. The zero-order valence-electron chi connectivity index (χ0n) is 10.3. The Balaban J connectivity index is 1.83. The van der Waals surface area contributed by atoms with Crippen molar-refractivity contribution in [3.63, 3.8) is 0 Å². The predicted molar refractivity (Wildman–Crippen MR) is 75.8 cm³/mol. The van der Waals surface area contributed by atoms with Crippen LogP contribution in [0.4, 0.5) is 5.00 Å². The molecule has 100 valence electrons. The van der Waals surface area contributed by atoms with Crippen molar-refractivity contribution in [2.45, 2.75) is 44.6 Å². The van der Waals surface area contributed by atoms with E-state index in [1.165, 1.54) is 37.0 Å². The van der Waals surface area contributed by atoms with Crippen LogP contribution in [0.1, 0.15) is 38.5 Å². The van der Waals surface area contributed by atoms with Crippen LogP contribution in [0.5, 0.6) is 5.75 Å². The molecule has 0 aromatic carbocycles. The Hall–Kier alpha value is -0.740. The molecule has 0 atom stereocenters. The SMILES string of the molecule is O=C(Cl)CNc1cc(OC2CCCCCC2)cs1. The maximum Gasteiger partial charge on any atom is 0.240 e. The maximum absolute atomic E-state index is 10.7. The molecule has 1 saturated carbocycles. The first-order valence-electron chi connectivity index (χ1n) is 6.41. The Morgan fingerprint density at radius 1 is 1.39 bits per heavy atom. The van der Waals surface area contributed by atoms with Crippen LogP contribution in [0.2, 0.25) is 0 Å². The Labute approximate surface area is 116 Å². The second-order valence-electron chi connectivity index (χ2n) is 4.59. The van der Waals surface area contributed by atoms with E-state index in [1.54, 1.807) is 0 Å². The molecule has 2 rings (SSSR count). The summed E-state index contributed by atoms with van der Waals surface area (Å²) < 4.78 is 5.98. The van der Waals surface area contributed by atoms with Crippen molar-refractivity contribution in [3.05, 3.63) is 11.4 Å². The number of rotatable bonds is 5. The molecule has 0 amide bonds. The number of hydrogen-bond donors (Lipinski definition) is 1. The number of thiophene rings is 1. The van der Waals surface area contributed by atoms with E-state index >= 15 is 0 Å². The smallest absolute Gasteiger partial charge is 0.240 e. The van der Waals surface area contributed by atoms with Gasteiger partial charge in [0.2, 0.25) is 5.24 Å². The van der Waals surface area contributed by atoms with E-state index < -0.39 is 0 Å². The first-order chi connectivity index (χ1) is 8.74. The van der Waals surface area contributed by atoms with Crippen LogP contribution in [0, 0.1) is 0 Å². The van der Waals surface area contributed by atoms with Crippen LogP contribution in [0.3, 0.4) is 0 Å². The Morgan fingerprint density at radius 2 is 2.11 bits per heavy atom. The number of nitrogens with one attached hydrogen (secondary N) is 1. The lowest BCUT2D eigenvalue weighted by Crippen LogP contribution is -2.14. The van der Waals surface area contributed by atoms with E-state index in [2.05, 4.69) is 5.32 Å². The molecule has 1 aliphatic carbocycles. The number of anilines is 1. The fraction of sp³-hybridized carbons (Fsp3) is 0.615. The Kier molecular flexibility index (Phi) is 5.32. The number of halogens is 1. The van der Waals surface area contributed by atoms with E-state index in [-0.39, 0.29) is 11.8 Å². The summed E-state index contributed by atoms with van der Waals surface area (Å²) in [5.74, 6) is 0.899. The summed E-state index contributed by atoms with van der Waals surface area (Å²) in [5.41, 5.74) is 0. The van der Waals surface area contributed by atoms with Gasteiger partial charge in [0.25, 0.3) is 0 Å². The van der Waals surface area contributed by atoms with Crippen LogP contribution in [0.15, 0.2) is 11.4 Å². The molecule has 0 bridgehead atoms. The molecule has 3 nitrogen and oxygen atoms in total. The van der Waals surface area contributed by atoms with Gasteiger partial charge in [0.1, 0.15) is 5.75 Å². The lowest BCUT2D eigenvalue weighted by atomic mass is 10.1. The van der Waals surface area contributed by atoms with Crippen molar-refractivity contribution >= 4 is 33.2 Å². The highest BCUT2D eigenvalue weighted by atomic mass is 35.5. The molecule has 1 heterocycles. The highest BCUT2D eigenvalue weighted by Crippen LogP contribution is 2.29. The van der Waals surface area contributed by atoms with Gasteiger partial charge in [-0.05, 0) is 37.3 Å². The van der Waals surface area contributed by atoms with Crippen molar-refractivity contribution < 1.29 is 9.53 Å². The molecule has 1 N–H and O–H groups in total. The Morgan fingerprint density at radius 3 is 2.78 bits per heavy atom. The quantitative estimate of drug-likeness (QED) is 0.656. The maximum atomic E-state index is 10.7. The van der Waals surface area contributed by atoms with Crippen molar-refractivity contribution in [1.29, 1.82) is 0 Å². The van der Waals surface area contributed by atoms with E-state index in [0.717, 1.165) is 23.6 Å². The van der Waals surface area contributed by atoms with Gasteiger partial charge in [0, 0.05) is 11.4 Å². The minimum absolute atomic E-state index is 0.158. The molecule has 0 saturated heterocycles. The first-order valence-corrected chi connectivity index (χ1v) is 7.67. The lowest BCUT2D eigenvalue weighted by Gasteiger charge is -2.15. The molecule has 0 aliphatic heterocycles. The number of hydrogen-bond acceptors (Lipinski definition) is 4. The lowest BCUT2D eigenvalue weighted by molar-refractivity contribution is -0.110. The molecular formula is C13H18ClNO2S. The third-order valence-corrected chi connectivity index (χ3v) is 4.08. The second kappa shape index (κ2) is 7.00. The topological polar surface area (TPSA) is 38.3 Å². The summed E-state index contributed by atoms with van der Waals surface area (Å²) in [4.78, 5) is 10.7. The van der Waals surface area contributed by atoms with E-state index in [1.807, 2.05) is 11.4 Å². The molecular weight excluding hydrogens is 270 g/mol. The van der Waals surface area contributed by atoms with Gasteiger partial charge in [0.05, 0.1) is 17.6 Å². The first kappa shape index (κ1) is 13.7. The van der Waals surface area contributed by atoms with Gasteiger partial charge in [-0.3, -0.25) is 4.79 Å².